The fourth-order valence-corrected chi connectivity index (χ4v) is 4.33. The summed E-state index contributed by atoms with van der Waals surface area (Å²) in [5.74, 6) is -0.0338. The molecule has 1 atom stereocenters. The summed E-state index contributed by atoms with van der Waals surface area (Å²) in [6, 6.07) is 9.90. The van der Waals surface area contributed by atoms with Gasteiger partial charge >= 0.3 is 6.09 Å². The largest absolute Gasteiger partial charge is 0.444 e. The number of carbonyl (C=O) groups is 2. The summed E-state index contributed by atoms with van der Waals surface area (Å²) in [6.45, 7) is 10.3. The molecule has 0 aliphatic carbocycles. The van der Waals surface area contributed by atoms with Crippen LogP contribution in [0.15, 0.2) is 30.3 Å². The molecule has 2 aliphatic rings. The number of benzene rings is 1. The van der Waals surface area contributed by atoms with Crippen molar-refractivity contribution in [1.82, 2.24) is 20.0 Å². The van der Waals surface area contributed by atoms with Crippen LogP contribution in [-0.2, 0) is 4.74 Å². The number of nitrogens with one attached hydrogen (secondary N) is 1. The Labute approximate surface area is 177 Å². The second-order valence-electron chi connectivity index (χ2n) is 9.66. The number of hydrogen-bond donors (Lipinski definition) is 1. The van der Waals surface area contributed by atoms with Crippen molar-refractivity contribution >= 4 is 12.0 Å². The molecule has 2 fully saturated rings. The zero-order valence-electron chi connectivity index (χ0n) is 18.2. The van der Waals surface area contributed by atoms with Crippen molar-refractivity contribution in [2.75, 3.05) is 26.2 Å². The van der Waals surface area contributed by atoms with E-state index in [0.29, 0.717) is 31.9 Å². The molecule has 3 heterocycles. The van der Waals surface area contributed by atoms with E-state index in [0.717, 1.165) is 24.1 Å². The van der Waals surface area contributed by atoms with E-state index >= 15 is 0 Å². The minimum atomic E-state index is -0.500. The van der Waals surface area contributed by atoms with E-state index in [2.05, 4.69) is 10.2 Å². The van der Waals surface area contributed by atoms with Crippen LogP contribution in [0.3, 0.4) is 0 Å². The van der Waals surface area contributed by atoms with E-state index < -0.39 is 5.60 Å². The van der Waals surface area contributed by atoms with Gasteiger partial charge < -0.3 is 14.5 Å². The Hall–Kier alpha value is -2.83. The van der Waals surface area contributed by atoms with Crippen molar-refractivity contribution in [3.8, 4) is 11.3 Å². The first kappa shape index (κ1) is 20.4. The van der Waals surface area contributed by atoms with Crippen molar-refractivity contribution in [3.05, 3.63) is 41.6 Å². The van der Waals surface area contributed by atoms with Gasteiger partial charge in [0.15, 0.2) is 0 Å². The van der Waals surface area contributed by atoms with Crippen LogP contribution in [0.4, 0.5) is 4.79 Å². The van der Waals surface area contributed by atoms with Crippen molar-refractivity contribution in [2.45, 2.75) is 46.1 Å². The number of aryl methyl sites for hydroxylation is 1. The Balaban J connectivity index is 1.40. The lowest BCUT2D eigenvalue weighted by Gasteiger charge is -2.27. The van der Waals surface area contributed by atoms with Gasteiger partial charge in [-0.25, -0.2) is 4.79 Å². The first-order valence-electron chi connectivity index (χ1n) is 10.5. The van der Waals surface area contributed by atoms with E-state index in [-0.39, 0.29) is 17.4 Å². The number of carbonyl (C=O) groups excluding carboxylic acids is 2. The molecule has 1 aromatic heterocycles. The van der Waals surface area contributed by atoms with Crippen LogP contribution in [0.1, 0.15) is 49.7 Å². The summed E-state index contributed by atoms with van der Waals surface area (Å²) in [5.41, 5.74) is 2.91. The number of likely N-dealkylation sites (tertiary alicyclic amines) is 2. The van der Waals surface area contributed by atoms with Crippen molar-refractivity contribution in [1.29, 1.82) is 0 Å². The number of H-pyrrole nitrogens is 1. The van der Waals surface area contributed by atoms with E-state index in [1.165, 1.54) is 5.56 Å². The first-order chi connectivity index (χ1) is 14.1. The minimum Gasteiger partial charge on any atom is -0.444 e. The molecule has 1 unspecified atom stereocenters. The maximum absolute atomic E-state index is 13.0. The van der Waals surface area contributed by atoms with Gasteiger partial charge in [0, 0.05) is 37.2 Å². The molecule has 0 radical (unpaired) electrons. The van der Waals surface area contributed by atoms with Crippen LogP contribution >= 0.6 is 0 Å². The molecular formula is C23H30N4O3. The number of aromatic nitrogens is 2. The number of ether oxygens (including phenoxy) is 1. The average molecular weight is 411 g/mol. The Morgan fingerprint density at radius 2 is 1.70 bits per heavy atom. The topological polar surface area (TPSA) is 78.5 Å². The Morgan fingerprint density at radius 3 is 2.37 bits per heavy atom. The molecule has 1 spiro atoms. The zero-order valence-corrected chi connectivity index (χ0v) is 18.2. The summed E-state index contributed by atoms with van der Waals surface area (Å²) in [7, 11) is 0. The molecule has 7 heteroatoms. The standard InChI is InChI=1S/C23H30N4O3/c1-16-5-7-17(8-6-16)18-13-19(25-24-18)20(28)26-11-9-23(14-26)10-12-27(15-23)21(29)30-22(2,3)4/h5-8,13H,9-12,14-15H2,1-4H3,(H,24,25). The lowest BCUT2D eigenvalue weighted by Crippen LogP contribution is -2.38. The third kappa shape index (κ3) is 4.20. The van der Waals surface area contributed by atoms with Gasteiger partial charge in [-0.05, 0) is 46.6 Å². The molecule has 2 saturated heterocycles. The minimum absolute atomic E-state index is 0.0338. The second kappa shape index (κ2) is 7.45. The normalized spacial score (nSPS) is 21.5. The molecule has 4 rings (SSSR count). The number of hydrogen-bond acceptors (Lipinski definition) is 4. The van der Waals surface area contributed by atoms with Crippen LogP contribution in [0.25, 0.3) is 11.3 Å². The lowest BCUT2D eigenvalue weighted by molar-refractivity contribution is 0.0274. The molecule has 160 valence electrons. The van der Waals surface area contributed by atoms with Crippen molar-refractivity contribution < 1.29 is 14.3 Å². The van der Waals surface area contributed by atoms with Crippen LogP contribution in [0, 0.1) is 12.3 Å². The van der Waals surface area contributed by atoms with E-state index in [1.54, 1.807) is 4.90 Å². The van der Waals surface area contributed by atoms with E-state index in [1.807, 2.05) is 62.9 Å². The third-order valence-corrected chi connectivity index (χ3v) is 5.97. The fraction of sp³-hybridized carbons (Fsp3) is 0.522. The molecule has 1 aromatic carbocycles. The van der Waals surface area contributed by atoms with Crippen LogP contribution in [-0.4, -0.2) is 63.8 Å². The molecule has 0 bridgehead atoms. The predicted molar refractivity (Wildman–Crippen MR) is 114 cm³/mol. The predicted octanol–water partition coefficient (Wildman–Crippen LogP) is 3.86. The summed E-state index contributed by atoms with van der Waals surface area (Å²) in [5, 5.41) is 7.23. The average Bonchev–Trinajstić information content (AvgIpc) is 3.41. The molecule has 2 aliphatic heterocycles. The van der Waals surface area contributed by atoms with Gasteiger partial charge in [-0.3, -0.25) is 9.89 Å². The van der Waals surface area contributed by atoms with Crippen molar-refractivity contribution in [2.24, 2.45) is 5.41 Å². The Bertz CT molecular complexity index is 944. The zero-order chi connectivity index (χ0) is 21.5. The van der Waals surface area contributed by atoms with Crippen LogP contribution < -0.4 is 0 Å². The SMILES string of the molecule is Cc1ccc(-c2cc(C(=O)N3CCC4(CCN(C(=O)OC(C)(C)C)C4)C3)[nH]n2)cc1. The van der Waals surface area contributed by atoms with E-state index in [9.17, 15) is 9.59 Å². The monoisotopic (exact) mass is 410 g/mol. The first-order valence-corrected chi connectivity index (χ1v) is 10.5. The highest BCUT2D eigenvalue weighted by molar-refractivity contribution is 5.93. The lowest BCUT2D eigenvalue weighted by atomic mass is 9.86. The van der Waals surface area contributed by atoms with Crippen molar-refractivity contribution in [3.63, 3.8) is 0 Å². The van der Waals surface area contributed by atoms with Gasteiger partial charge in [0.1, 0.15) is 11.3 Å². The highest BCUT2D eigenvalue weighted by Gasteiger charge is 2.46. The Kier molecular flexibility index (Phi) is 5.08. The van der Waals surface area contributed by atoms with Gasteiger partial charge in [0.25, 0.3) is 5.91 Å². The van der Waals surface area contributed by atoms with Crippen LogP contribution in [0.2, 0.25) is 0 Å². The number of amides is 2. The molecule has 2 aromatic rings. The second-order valence-corrected chi connectivity index (χ2v) is 9.66. The highest BCUT2D eigenvalue weighted by atomic mass is 16.6. The summed E-state index contributed by atoms with van der Waals surface area (Å²) in [6.07, 6.45) is 1.53. The van der Waals surface area contributed by atoms with E-state index in [4.69, 9.17) is 4.74 Å². The molecule has 1 N–H and O–H groups in total. The molecule has 7 nitrogen and oxygen atoms in total. The number of nitrogens with zero attached hydrogens (tertiary/aromatic N) is 3. The van der Waals surface area contributed by atoms with Crippen LogP contribution in [0.5, 0.6) is 0 Å². The smallest absolute Gasteiger partial charge is 0.410 e. The molecular weight excluding hydrogens is 380 g/mol. The van der Waals surface area contributed by atoms with Gasteiger partial charge in [-0.1, -0.05) is 29.8 Å². The molecule has 0 saturated carbocycles. The van der Waals surface area contributed by atoms with Gasteiger partial charge in [0.2, 0.25) is 0 Å². The summed E-state index contributed by atoms with van der Waals surface area (Å²) >= 11 is 0. The fourth-order valence-electron chi connectivity index (χ4n) is 4.33. The Morgan fingerprint density at radius 1 is 1.07 bits per heavy atom. The highest BCUT2D eigenvalue weighted by Crippen LogP contribution is 2.40. The van der Waals surface area contributed by atoms with Gasteiger partial charge in [0.05, 0.1) is 5.69 Å². The summed E-state index contributed by atoms with van der Waals surface area (Å²) < 4.78 is 5.51. The molecule has 2 amide bonds. The maximum atomic E-state index is 13.0. The van der Waals surface area contributed by atoms with Gasteiger partial charge in [-0.15, -0.1) is 0 Å². The summed E-state index contributed by atoms with van der Waals surface area (Å²) in [4.78, 5) is 29.1. The number of rotatable bonds is 2. The quantitative estimate of drug-likeness (QED) is 0.815. The number of aromatic amines is 1. The third-order valence-electron chi connectivity index (χ3n) is 5.97. The molecule has 30 heavy (non-hydrogen) atoms. The van der Waals surface area contributed by atoms with Gasteiger partial charge in [-0.2, -0.15) is 5.10 Å². The maximum Gasteiger partial charge on any atom is 0.410 e.